The van der Waals surface area contributed by atoms with Crippen LogP contribution in [0.1, 0.15) is 34.8 Å². The Hall–Kier alpha value is -2.05. The number of nitrogens with one attached hydrogen (secondary N) is 2. The van der Waals surface area contributed by atoms with Crippen molar-refractivity contribution in [2.45, 2.75) is 23.8 Å². The van der Waals surface area contributed by atoms with Crippen LogP contribution >= 0.6 is 23.4 Å². The molecule has 0 spiro atoms. The van der Waals surface area contributed by atoms with Gasteiger partial charge in [0.2, 0.25) is 5.91 Å². The van der Waals surface area contributed by atoms with Crippen LogP contribution in [-0.4, -0.2) is 24.1 Å². The molecule has 2 N–H and O–H groups in total. The lowest BCUT2D eigenvalue weighted by atomic mass is 10.0. The molecule has 0 aromatic heterocycles. The van der Waals surface area contributed by atoms with Crippen molar-refractivity contribution < 1.29 is 14.0 Å². The minimum Gasteiger partial charge on any atom is -0.351 e. The van der Waals surface area contributed by atoms with Gasteiger partial charge in [0.15, 0.2) is 0 Å². The Morgan fingerprint density at radius 3 is 2.85 bits per heavy atom. The molecule has 26 heavy (non-hydrogen) atoms. The number of rotatable bonds is 5. The van der Waals surface area contributed by atoms with E-state index in [1.807, 2.05) is 0 Å². The van der Waals surface area contributed by atoms with Crippen molar-refractivity contribution in [3.8, 4) is 0 Å². The van der Waals surface area contributed by atoms with Gasteiger partial charge in [0.25, 0.3) is 5.91 Å². The summed E-state index contributed by atoms with van der Waals surface area (Å²) in [6.45, 7) is 0.202. The molecular formula is C19H18ClFN2O2S. The van der Waals surface area contributed by atoms with E-state index in [0.29, 0.717) is 10.6 Å². The highest BCUT2D eigenvalue weighted by molar-refractivity contribution is 7.99. The molecule has 0 unspecified atom stereocenters. The van der Waals surface area contributed by atoms with Crippen LogP contribution in [0.25, 0.3) is 0 Å². The third-order valence-electron chi connectivity index (χ3n) is 4.10. The van der Waals surface area contributed by atoms with Gasteiger partial charge in [-0.25, -0.2) is 4.39 Å². The summed E-state index contributed by atoms with van der Waals surface area (Å²) in [5.41, 5.74) is 1.19. The van der Waals surface area contributed by atoms with E-state index < -0.39 is 0 Å². The molecule has 2 amide bonds. The first-order valence-corrected chi connectivity index (χ1v) is 9.65. The van der Waals surface area contributed by atoms with Crippen molar-refractivity contribution >= 4 is 35.2 Å². The van der Waals surface area contributed by atoms with E-state index >= 15 is 0 Å². The molecule has 1 atom stereocenters. The van der Waals surface area contributed by atoms with Crippen molar-refractivity contribution in [2.75, 3.05) is 12.3 Å². The highest BCUT2D eigenvalue weighted by Gasteiger charge is 2.22. The van der Waals surface area contributed by atoms with Gasteiger partial charge >= 0.3 is 0 Å². The number of benzene rings is 2. The Morgan fingerprint density at radius 1 is 1.23 bits per heavy atom. The molecule has 0 saturated heterocycles. The summed E-state index contributed by atoms with van der Waals surface area (Å²) >= 11 is 7.64. The lowest BCUT2D eigenvalue weighted by Gasteiger charge is -2.26. The molecule has 0 aliphatic carbocycles. The first kappa shape index (κ1) is 18.7. The van der Waals surface area contributed by atoms with Gasteiger partial charge in [-0.15, -0.1) is 11.8 Å². The zero-order chi connectivity index (χ0) is 18.5. The van der Waals surface area contributed by atoms with Gasteiger partial charge in [-0.1, -0.05) is 23.7 Å². The van der Waals surface area contributed by atoms with E-state index in [-0.39, 0.29) is 36.6 Å². The summed E-state index contributed by atoms with van der Waals surface area (Å²) in [6, 6.07) is 11.2. The Balaban J connectivity index is 1.52. The third-order valence-corrected chi connectivity index (χ3v) is 5.55. The van der Waals surface area contributed by atoms with E-state index in [0.717, 1.165) is 22.6 Å². The second kappa shape index (κ2) is 8.56. The van der Waals surface area contributed by atoms with E-state index in [1.165, 1.54) is 12.1 Å². The van der Waals surface area contributed by atoms with Crippen LogP contribution in [0.4, 0.5) is 4.39 Å². The van der Waals surface area contributed by atoms with Crippen LogP contribution in [-0.2, 0) is 4.79 Å². The number of carbonyl (C=O) groups excluding carboxylic acids is 2. The number of fused-ring (bicyclic) bond motifs is 1. The van der Waals surface area contributed by atoms with E-state index in [9.17, 15) is 14.0 Å². The van der Waals surface area contributed by atoms with Gasteiger partial charge in [-0.05, 0) is 42.3 Å². The predicted octanol–water partition coefficient (Wildman–Crippen LogP) is 3.95. The zero-order valence-corrected chi connectivity index (χ0v) is 15.5. The normalized spacial score (nSPS) is 15.8. The van der Waals surface area contributed by atoms with Gasteiger partial charge < -0.3 is 10.6 Å². The van der Waals surface area contributed by atoms with Crippen molar-refractivity contribution in [1.82, 2.24) is 10.6 Å². The molecule has 7 heteroatoms. The fourth-order valence-electron chi connectivity index (χ4n) is 2.81. The maximum Gasteiger partial charge on any atom is 0.252 e. The second-order valence-electron chi connectivity index (χ2n) is 5.93. The summed E-state index contributed by atoms with van der Waals surface area (Å²) in [7, 11) is 0. The molecule has 0 fully saturated rings. The monoisotopic (exact) mass is 392 g/mol. The first-order valence-electron chi connectivity index (χ1n) is 8.29. The Kier molecular flexibility index (Phi) is 6.16. The van der Waals surface area contributed by atoms with E-state index in [4.69, 9.17) is 11.6 Å². The SMILES string of the molecule is O=C(CCNC(=O)c1ccccc1Cl)N[C@@H]1CCSc2ccc(F)cc21. The molecule has 2 aromatic carbocycles. The topological polar surface area (TPSA) is 58.2 Å². The van der Waals surface area contributed by atoms with Gasteiger partial charge in [-0.2, -0.15) is 0 Å². The summed E-state index contributed by atoms with van der Waals surface area (Å²) in [6.07, 6.45) is 0.892. The third kappa shape index (κ3) is 4.56. The molecule has 136 valence electrons. The predicted molar refractivity (Wildman–Crippen MR) is 101 cm³/mol. The van der Waals surface area contributed by atoms with Gasteiger partial charge in [0.1, 0.15) is 5.82 Å². The molecule has 0 bridgehead atoms. The highest BCUT2D eigenvalue weighted by atomic mass is 35.5. The number of thioether (sulfide) groups is 1. The fraction of sp³-hybridized carbons (Fsp3) is 0.263. The lowest BCUT2D eigenvalue weighted by Crippen LogP contribution is -2.34. The zero-order valence-electron chi connectivity index (χ0n) is 13.9. The summed E-state index contributed by atoms with van der Waals surface area (Å²) < 4.78 is 13.5. The molecule has 0 saturated carbocycles. The number of amides is 2. The molecule has 2 aromatic rings. The van der Waals surface area contributed by atoms with Crippen LogP contribution in [0, 0.1) is 5.82 Å². The average Bonchev–Trinajstić information content (AvgIpc) is 2.62. The van der Waals surface area contributed by atoms with Crippen molar-refractivity contribution in [2.24, 2.45) is 0 Å². The highest BCUT2D eigenvalue weighted by Crippen LogP contribution is 2.36. The number of hydrogen-bond donors (Lipinski definition) is 2. The molecule has 4 nitrogen and oxygen atoms in total. The lowest BCUT2D eigenvalue weighted by molar-refractivity contribution is -0.121. The van der Waals surface area contributed by atoms with Crippen molar-refractivity contribution in [3.05, 3.63) is 64.4 Å². The van der Waals surface area contributed by atoms with Crippen LogP contribution in [0.2, 0.25) is 5.02 Å². The largest absolute Gasteiger partial charge is 0.351 e. The maximum atomic E-state index is 13.5. The minimum absolute atomic E-state index is 0.143. The summed E-state index contributed by atoms with van der Waals surface area (Å²) in [5, 5.41) is 5.99. The Bertz CT molecular complexity index is 831. The smallest absolute Gasteiger partial charge is 0.252 e. The number of halogens is 2. The molecule has 3 rings (SSSR count). The maximum absolute atomic E-state index is 13.5. The average molecular weight is 393 g/mol. The van der Waals surface area contributed by atoms with Gasteiger partial charge in [-0.3, -0.25) is 9.59 Å². The molecule has 1 heterocycles. The van der Waals surface area contributed by atoms with E-state index in [2.05, 4.69) is 10.6 Å². The van der Waals surface area contributed by atoms with Crippen LogP contribution in [0.5, 0.6) is 0 Å². The molecular weight excluding hydrogens is 375 g/mol. The van der Waals surface area contributed by atoms with E-state index in [1.54, 1.807) is 42.1 Å². The quantitative estimate of drug-likeness (QED) is 0.809. The molecule has 1 aliphatic rings. The number of carbonyl (C=O) groups is 2. The van der Waals surface area contributed by atoms with Crippen LogP contribution < -0.4 is 10.6 Å². The molecule has 1 aliphatic heterocycles. The van der Waals surface area contributed by atoms with Crippen LogP contribution in [0.15, 0.2) is 47.4 Å². The standard InChI is InChI=1S/C19H18ClFN2O2S/c20-15-4-2-1-3-13(15)19(25)22-9-7-18(24)23-16-8-10-26-17-6-5-12(21)11-14(16)17/h1-6,11,16H,7-10H2,(H,22,25)(H,23,24)/t16-/m1/s1. The van der Waals surface area contributed by atoms with Gasteiger partial charge in [0.05, 0.1) is 16.6 Å². The van der Waals surface area contributed by atoms with Crippen molar-refractivity contribution in [1.29, 1.82) is 0 Å². The minimum atomic E-state index is -0.315. The Morgan fingerprint density at radius 2 is 2.04 bits per heavy atom. The van der Waals surface area contributed by atoms with Crippen molar-refractivity contribution in [3.63, 3.8) is 0 Å². The second-order valence-corrected chi connectivity index (χ2v) is 7.47. The van der Waals surface area contributed by atoms with Crippen LogP contribution in [0.3, 0.4) is 0 Å². The first-order chi connectivity index (χ1) is 12.5. The summed E-state index contributed by atoms with van der Waals surface area (Å²) in [4.78, 5) is 25.3. The fourth-order valence-corrected chi connectivity index (χ4v) is 4.14. The number of hydrogen-bond acceptors (Lipinski definition) is 3. The summed E-state index contributed by atoms with van der Waals surface area (Å²) in [5.74, 6) is 0.0614. The molecule has 0 radical (unpaired) electrons. The Labute approximate surface area is 160 Å². The van der Waals surface area contributed by atoms with Gasteiger partial charge in [0, 0.05) is 23.6 Å².